The maximum atomic E-state index is 13.4. The van der Waals surface area contributed by atoms with Gasteiger partial charge in [0.15, 0.2) is 0 Å². The Morgan fingerprint density at radius 1 is 1.32 bits per heavy atom. The molecule has 0 radical (unpaired) electrons. The molecule has 1 aliphatic rings. The van der Waals surface area contributed by atoms with E-state index in [4.69, 9.17) is 17.0 Å². The van der Waals surface area contributed by atoms with Gasteiger partial charge in [-0.2, -0.15) is 0 Å². The second kappa shape index (κ2) is 5.10. The van der Waals surface area contributed by atoms with Crippen molar-refractivity contribution in [3.05, 3.63) is 34.9 Å². The number of H-pyrrole nitrogens is 1. The molecule has 7 heteroatoms. The van der Waals surface area contributed by atoms with Gasteiger partial charge in [-0.15, -0.1) is 5.10 Å². The molecular formula is C12H13FN4OS. The van der Waals surface area contributed by atoms with Crippen LogP contribution < -0.4 is 4.90 Å². The molecule has 0 saturated carbocycles. The maximum absolute atomic E-state index is 13.4. The number of ether oxygens (including phenoxy) is 1. The Bertz CT molecular complexity index is 633. The number of anilines is 1. The van der Waals surface area contributed by atoms with Crippen LogP contribution in [0.1, 0.15) is 0 Å². The molecule has 0 unspecified atom stereocenters. The Morgan fingerprint density at radius 3 is 2.84 bits per heavy atom. The number of morpholine rings is 1. The van der Waals surface area contributed by atoms with Crippen molar-refractivity contribution in [1.82, 2.24) is 14.8 Å². The molecule has 2 aromatic rings. The molecule has 3 rings (SSSR count). The van der Waals surface area contributed by atoms with Crippen LogP contribution in [-0.4, -0.2) is 41.1 Å². The molecule has 0 spiro atoms. The zero-order chi connectivity index (χ0) is 13.2. The smallest absolute Gasteiger partial charge is 0.230 e. The third kappa shape index (κ3) is 2.39. The predicted octanol–water partition coefficient (Wildman–Crippen LogP) is 1.91. The van der Waals surface area contributed by atoms with Crippen molar-refractivity contribution in [2.45, 2.75) is 0 Å². The molecule has 0 atom stereocenters. The van der Waals surface area contributed by atoms with Gasteiger partial charge in [0.05, 0.1) is 18.9 Å². The maximum Gasteiger partial charge on any atom is 0.230 e. The summed E-state index contributed by atoms with van der Waals surface area (Å²) < 4.78 is 20.9. The highest BCUT2D eigenvalue weighted by Crippen LogP contribution is 2.19. The first-order valence-corrected chi connectivity index (χ1v) is 6.42. The minimum absolute atomic E-state index is 0.298. The molecule has 5 nitrogen and oxygen atoms in total. The third-order valence-electron chi connectivity index (χ3n) is 3.01. The first kappa shape index (κ1) is 12.3. The minimum Gasteiger partial charge on any atom is -0.378 e. The monoisotopic (exact) mass is 280 g/mol. The second-order valence-corrected chi connectivity index (χ2v) is 4.63. The molecule has 0 bridgehead atoms. The molecule has 19 heavy (non-hydrogen) atoms. The van der Waals surface area contributed by atoms with E-state index >= 15 is 0 Å². The van der Waals surface area contributed by atoms with Gasteiger partial charge in [-0.25, -0.2) is 9.49 Å². The van der Waals surface area contributed by atoms with E-state index < -0.39 is 0 Å². The average Bonchev–Trinajstić information content (AvgIpc) is 2.82. The standard InChI is InChI=1S/C12H13FN4OS/c13-9-2-1-3-10(8-9)17-11(14-15-12(17)19)16-4-6-18-7-5-16/h1-3,8H,4-7H2,(H,15,19). The first-order valence-electron chi connectivity index (χ1n) is 6.02. The Kier molecular flexibility index (Phi) is 3.31. The van der Waals surface area contributed by atoms with E-state index in [1.807, 2.05) is 0 Å². The predicted molar refractivity (Wildman–Crippen MR) is 71.7 cm³/mol. The summed E-state index contributed by atoms with van der Waals surface area (Å²) in [5.41, 5.74) is 0.667. The van der Waals surface area contributed by atoms with Gasteiger partial charge in [0.2, 0.25) is 10.7 Å². The van der Waals surface area contributed by atoms with Crippen molar-refractivity contribution >= 4 is 18.2 Å². The summed E-state index contributed by atoms with van der Waals surface area (Å²) in [5.74, 6) is 0.396. The molecule has 1 aromatic heterocycles. The Balaban J connectivity index is 2.05. The molecule has 100 valence electrons. The largest absolute Gasteiger partial charge is 0.378 e. The van der Waals surface area contributed by atoms with Gasteiger partial charge in [0.25, 0.3) is 0 Å². The number of aromatic nitrogens is 3. The number of rotatable bonds is 2. The number of nitrogens with one attached hydrogen (secondary N) is 1. The quantitative estimate of drug-likeness (QED) is 0.854. The van der Waals surface area contributed by atoms with Crippen LogP contribution in [-0.2, 0) is 4.74 Å². The molecular weight excluding hydrogens is 267 g/mol. The number of benzene rings is 1. The summed E-state index contributed by atoms with van der Waals surface area (Å²) in [4.78, 5) is 2.07. The molecule has 1 aliphatic heterocycles. The van der Waals surface area contributed by atoms with Crippen molar-refractivity contribution in [2.75, 3.05) is 31.2 Å². The van der Waals surface area contributed by atoms with Crippen molar-refractivity contribution in [3.63, 3.8) is 0 Å². The SMILES string of the molecule is Fc1cccc(-n2c(N3CCOCC3)n[nH]c2=S)c1. The highest BCUT2D eigenvalue weighted by molar-refractivity contribution is 7.71. The zero-order valence-corrected chi connectivity index (χ0v) is 11.0. The number of aromatic amines is 1. The van der Waals surface area contributed by atoms with Crippen LogP contribution in [0.15, 0.2) is 24.3 Å². The summed E-state index contributed by atoms with van der Waals surface area (Å²) in [6.45, 7) is 2.80. The van der Waals surface area contributed by atoms with Crippen LogP contribution in [0.3, 0.4) is 0 Å². The number of nitrogens with zero attached hydrogens (tertiary/aromatic N) is 3. The third-order valence-corrected chi connectivity index (χ3v) is 3.29. The van der Waals surface area contributed by atoms with Gasteiger partial charge in [-0.3, -0.25) is 4.57 Å². The van der Waals surface area contributed by atoms with E-state index in [0.717, 1.165) is 13.1 Å². The van der Waals surface area contributed by atoms with Gasteiger partial charge >= 0.3 is 0 Å². The summed E-state index contributed by atoms with van der Waals surface area (Å²) in [6.07, 6.45) is 0. The first-order chi connectivity index (χ1) is 9.25. The Hall–Kier alpha value is -1.73. The van der Waals surface area contributed by atoms with Crippen LogP contribution in [0.4, 0.5) is 10.3 Å². The van der Waals surface area contributed by atoms with E-state index in [1.165, 1.54) is 12.1 Å². The summed E-state index contributed by atoms with van der Waals surface area (Å²) in [7, 11) is 0. The summed E-state index contributed by atoms with van der Waals surface area (Å²) >= 11 is 5.23. The number of halogens is 1. The van der Waals surface area contributed by atoms with Crippen LogP contribution in [0.25, 0.3) is 5.69 Å². The topological polar surface area (TPSA) is 46.1 Å². The summed E-state index contributed by atoms with van der Waals surface area (Å²) in [5, 5.41) is 7.00. The van der Waals surface area contributed by atoms with Crippen LogP contribution in [0.5, 0.6) is 0 Å². The fourth-order valence-electron chi connectivity index (χ4n) is 2.11. The van der Waals surface area contributed by atoms with E-state index in [0.29, 0.717) is 29.6 Å². The summed E-state index contributed by atoms with van der Waals surface area (Å²) in [6, 6.07) is 6.30. The highest BCUT2D eigenvalue weighted by atomic mass is 32.1. The molecule has 1 saturated heterocycles. The van der Waals surface area contributed by atoms with Crippen LogP contribution in [0, 0.1) is 10.6 Å². The van der Waals surface area contributed by atoms with E-state index in [9.17, 15) is 4.39 Å². The molecule has 2 heterocycles. The molecule has 1 N–H and O–H groups in total. The fraction of sp³-hybridized carbons (Fsp3) is 0.333. The Labute approximate surface area is 114 Å². The molecule has 1 fully saturated rings. The average molecular weight is 280 g/mol. The molecule has 0 aliphatic carbocycles. The van der Waals surface area contributed by atoms with Gasteiger partial charge in [0.1, 0.15) is 5.82 Å². The van der Waals surface area contributed by atoms with Gasteiger partial charge in [0, 0.05) is 13.1 Å². The highest BCUT2D eigenvalue weighted by Gasteiger charge is 2.18. The van der Waals surface area contributed by atoms with Crippen molar-refractivity contribution in [3.8, 4) is 5.69 Å². The van der Waals surface area contributed by atoms with Crippen molar-refractivity contribution in [1.29, 1.82) is 0 Å². The lowest BCUT2D eigenvalue weighted by Gasteiger charge is -2.27. The van der Waals surface area contributed by atoms with E-state index in [1.54, 1.807) is 16.7 Å². The second-order valence-electron chi connectivity index (χ2n) is 4.24. The minimum atomic E-state index is -0.298. The normalized spacial score (nSPS) is 15.7. The Morgan fingerprint density at radius 2 is 2.11 bits per heavy atom. The number of hydrogen-bond donors (Lipinski definition) is 1. The van der Waals surface area contributed by atoms with E-state index in [-0.39, 0.29) is 5.82 Å². The van der Waals surface area contributed by atoms with Crippen LogP contribution in [0.2, 0.25) is 0 Å². The molecule has 0 amide bonds. The number of hydrogen-bond acceptors (Lipinski definition) is 4. The van der Waals surface area contributed by atoms with Gasteiger partial charge in [-0.1, -0.05) is 6.07 Å². The lowest BCUT2D eigenvalue weighted by atomic mass is 10.3. The lowest BCUT2D eigenvalue weighted by molar-refractivity contribution is 0.122. The van der Waals surface area contributed by atoms with Gasteiger partial charge < -0.3 is 9.64 Å². The van der Waals surface area contributed by atoms with Crippen LogP contribution >= 0.6 is 12.2 Å². The van der Waals surface area contributed by atoms with Gasteiger partial charge in [-0.05, 0) is 30.4 Å². The lowest BCUT2D eigenvalue weighted by Crippen LogP contribution is -2.37. The van der Waals surface area contributed by atoms with Crippen molar-refractivity contribution in [2.24, 2.45) is 0 Å². The fourth-order valence-corrected chi connectivity index (χ4v) is 2.34. The van der Waals surface area contributed by atoms with E-state index in [2.05, 4.69) is 15.1 Å². The van der Waals surface area contributed by atoms with Crippen molar-refractivity contribution < 1.29 is 9.13 Å². The zero-order valence-electron chi connectivity index (χ0n) is 10.2. The molecule has 1 aromatic carbocycles.